The summed E-state index contributed by atoms with van der Waals surface area (Å²) in [5.74, 6) is 1.67. The third-order valence-corrected chi connectivity index (χ3v) is 3.97. The van der Waals surface area contributed by atoms with Crippen molar-refractivity contribution in [1.82, 2.24) is 15.5 Å². The number of hydrogen-bond donors (Lipinski definition) is 2. The van der Waals surface area contributed by atoms with Gasteiger partial charge in [0, 0.05) is 39.7 Å². The van der Waals surface area contributed by atoms with Crippen molar-refractivity contribution >= 4 is 11.9 Å². The Bertz CT molecular complexity index is 574. The molecule has 2 N–H and O–H groups in total. The first kappa shape index (κ1) is 22.8. The Labute approximate surface area is 163 Å². The van der Waals surface area contributed by atoms with E-state index < -0.39 is 0 Å². The van der Waals surface area contributed by atoms with Gasteiger partial charge < -0.3 is 25.0 Å². The van der Waals surface area contributed by atoms with Crippen molar-refractivity contribution in [3.63, 3.8) is 0 Å². The Balaban J connectivity index is 2.55. The van der Waals surface area contributed by atoms with Gasteiger partial charge >= 0.3 is 0 Å². The summed E-state index contributed by atoms with van der Waals surface area (Å²) in [4.78, 5) is 18.5. The van der Waals surface area contributed by atoms with Gasteiger partial charge in [0.2, 0.25) is 5.91 Å². The molecule has 0 fully saturated rings. The molecule has 0 radical (unpaired) electrons. The van der Waals surface area contributed by atoms with Crippen molar-refractivity contribution in [2.24, 2.45) is 4.99 Å². The molecule has 1 rings (SSSR count). The van der Waals surface area contributed by atoms with Crippen LogP contribution >= 0.6 is 0 Å². The van der Waals surface area contributed by atoms with Crippen LogP contribution in [-0.2, 0) is 16.1 Å². The van der Waals surface area contributed by atoms with E-state index in [1.165, 1.54) is 0 Å². The van der Waals surface area contributed by atoms with E-state index in [2.05, 4.69) is 15.6 Å². The van der Waals surface area contributed by atoms with Crippen molar-refractivity contribution in [2.75, 3.05) is 46.5 Å². The zero-order valence-corrected chi connectivity index (χ0v) is 17.1. The van der Waals surface area contributed by atoms with Crippen LogP contribution in [0.1, 0.15) is 32.8 Å². The molecule has 0 unspecified atom stereocenters. The highest BCUT2D eigenvalue weighted by Gasteiger charge is 2.09. The number of hydrogen-bond acceptors (Lipinski definition) is 4. The van der Waals surface area contributed by atoms with Gasteiger partial charge in [-0.05, 0) is 38.5 Å². The summed E-state index contributed by atoms with van der Waals surface area (Å²) in [7, 11) is 1.65. The lowest BCUT2D eigenvalue weighted by Gasteiger charge is -2.19. The highest BCUT2D eigenvalue weighted by Crippen LogP contribution is 2.14. The third-order valence-electron chi connectivity index (χ3n) is 3.97. The fourth-order valence-electron chi connectivity index (χ4n) is 2.51. The number of rotatable bonds is 12. The van der Waals surface area contributed by atoms with E-state index >= 15 is 0 Å². The molecular weight excluding hydrogens is 344 g/mol. The minimum absolute atomic E-state index is 0.157. The molecule has 0 aromatic heterocycles. The van der Waals surface area contributed by atoms with Crippen molar-refractivity contribution in [2.45, 2.75) is 33.7 Å². The van der Waals surface area contributed by atoms with Crippen LogP contribution in [0.3, 0.4) is 0 Å². The predicted molar refractivity (Wildman–Crippen MR) is 109 cm³/mol. The normalized spacial score (nSPS) is 11.2. The van der Waals surface area contributed by atoms with Crippen molar-refractivity contribution in [1.29, 1.82) is 0 Å². The fraction of sp³-hybridized carbons (Fsp3) is 0.600. The number of benzene rings is 1. The van der Waals surface area contributed by atoms with Crippen LogP contribution in [-0.4, -0.2) is 63.3 Å². The Kier molecular flexibility index (Phi) is 11.7. The number of nitrogens with zero attached hydrogens (tertiary/aromatic N) is 2. The van der Waals surface area contributed by atoms with Gasteiger partial charge in [-0.3, -0.25) is 4.79 Å². The van der Waals surface area contributed by atoms with Crippen LogP contribution in [0, 0.1) is 0 Å². The van der Waals surface area contributed by atoms with E-state index in [1.54, 1.807) is 7.11 Å². The Morgan fingerprint density at radius 3 is 2.59 bits per heavy atom. The fourth-order valence-corrected chi connectivity index (χ4v) is 2.51. The number of carbonyl (C=O) groups excluding carboxylic acids is 1. The summed E-state index contributed by atoms with van der Waals surface area (Å²) in [6.07, 6.45) is 0.453. The van der Waals surface area contributed by atoms with Crippen molar-refractivity contribution < 1.29 is 14.3 Å². The summed E-state index contributed by atoms with van der Waals surface area (Å²) in [6, 6.07) is 7.87. The molecule has 0 saturated carbocycles. The second kappa shape index (κ2) is 13.9. The number of aliphatic imine (C=N–C) groups is 1. The maximum absolute atomic E-state index is 12.1. The number of nitrogens with one attached hydrogen (secondary N) is 2. The molecule has 7 heteroatoms. The number of ether oxygens (including phenoxy) is 2. The molecule has 0 aliphatic heterocycles. The third kappa shape index (κ3) is 9.28. The van der Waals surface area contributed by atoms with E-state index in [4.69, 9.17) is 9.47 Å². The van der Waals surface area contributed by atoms with Crippen LogP contribution in [0.4, 0.5) is 0 Å². The molecule has 27 heavy (non-hydrogen) atoms. The van der Waals surface area contributed by atoms with Gasteiger partial charge in [0.1, 0.15) is 12.4 Å². The van der Waals surface area contributed by atoms with Gasteiger partial charge in [-0.1, -0.05) is 12.1 Å². The van der Waals surface area contributed by atoms with Gasteiger partial charge in [-0.2, -0.15) is 0 Å². The van der Waals surface area contributed by atoms with E-state index in [0.717, 1.165) is 30.9 Å². The van der Waals surface area contributed by atoms with Crippen LogP contribution < -0.4 is 15.4 Å². The first-order valence-corrected chi connectivity index (χ1v) is 9.65. The molecule has 0 spiro atoms. The van der Waals surface area contributed by atoms with E-state index in [0.29, 0.717) is 38.7 Å². The first-order valence-electron chi connectivity index (χ1n) is 9.65. The molecule has 0 aliphatic carbocycles. The van der Waals surface area contributed by atoms with Gasteiger partial charge in [-0.15, -0.1) is 0 Å². The maximum Gasteiger partial charge on any atom is 0.224 e. The van der Waals surface area contributed by atoms with E-state index in [-0.39, 0.29) is 5.91 Å². The van der Waals surface area contributed by atoms with Gasteiger partial charge in [-0.25, -0.2) is 4.99 Å². The first-order chi connectivity index (χ1) is 13.1. The molecule has 0 aliphatic rings. The Morgan fingerprint density at radius 1 is 1.15 bits per heavy atom. The second-order valence-electron chi connectivity index (χ2n) is 5.93. The summed E-state index contributed by atoms with van der Waals surface area (Å²) < 4.78 is 10.6. The highest BCUT2D eigenvalue weighted by atomic mass is 16.5. The van der Waals surface area contributed by atoms with Gasteiger partial charge in [0.25, 0.3) is 0 Å². The summed E-state index contributed by atoms with van der Waals surface area (Å²) >= 11 is 0. The lowest BCUT2D eigenvalue weighted by Crippen LogP contribution is -2.40. The lowest BCUT2D eigenvalue weighted by molar-refractivity contribution is -0.130. The largest absolute Gasteiger partial charge is 0.491 e. The smallest absolute Gasteiger partial charge is 0.224 e. The van der Waals surface area contributed by atoms with Gasteiger partial charge in [0.05, 0.1) is 13.2 Å². The Hall–Kier alpha value is -2.28. The quantitative estimate of drug-likeness (QED) is 0.331. The number of carbonyl (C=O) groups is 1. The van der Waals surface area contributed by atoms with Crippen LogP contribution in [0.15, 0.2) is 29.3 Å². The van der Waals surface area contributed by atoms with Crippen LogP contribution in [0.5, 0.6) is 5.75 Å². The molecule has 0 heterocycles. The second-order valence-corrected chi connectivity index (χ2v) is 5.93. The molecule has 1 aromatic rings. The Morgan fingerprint density at radius 2 is 1.93 bits per heavy atom. The zero-order valence-electron chi connectivity index (χ0n) is 17.1. The SMILES string of the molecule is CCNC(=NCc1cccc(OCCOC)c1)NCCC(=O)N(CC)CC. The highest BCUT2D eigenvalue weighted by molar-refractivity contribution is 5.81. The topological polar surface area (TPSA) is 75.2 Å². The number of guanidine groups is 1. The van der Waals surface area contributed by atoms with Crippen LogP contribution in [0.2, 0.25) is 0 Å². The summed E-state index contributed by atoms with van der Waals surface area (Å²) in [6.45, 7) is 10.4. The maximum atomic E-state index is 12.1. The summed E-state index contributed by atoms with van der Waals surface area (Å²) in [5, 5.41) is 6.43. The molecule has 0 bridgehead atoms. The molecule has 7 nitrogen and oxygen atoms in total. The lowest BCUT2D eigenvalue weighted by atomic mass is 10.2. The number of methoxy groups -OCH3 is 1. The van der Waals surface area contributed by atoms with Crippen molar-refractivity contribution in [3.8, 4) is 5.75 Å². The minimum Gasteiger partial charge on any atom is -0.491 e. The molecule has 0 atom stereocenters. The van der Waals surface area contributed by atoms with Gasteiger partial charge in [0.15, 0.2) is 5.96 Å². The van der Waals surface area contributed by atoms with E-state index in [9.17, 15) is 4.79 Å². The number of amides is 1. The average Bonchev–Trinajstić information content (AvgIpc) is 2.67. The monoisotopic (exact) mass is 378 g/mol. The van der Waals surface area contributed by atoms with Crippen LogP contribution in [0.25, 0.3) is 0 Å². The molecule has 1 amide bonds. The minimum atomic E-state index is 0.157. The molecular formula is C20H34N4O3. The standard InChI is InChI=1S/C20H34N4O3/c1-5-21-20(22-12-11-19(25)24(6-2)7-3)23-16-17-9-8-10-18(15-17)27-14-13-26-4/h8-10,15H,5-7,11-14,16H2,1-4H3,(H2,21,22,23). The predicted octanol–water partition coefficient (Wildman–Crippen LogP) is 2.03. The van der Waals surface area contributed by atoms with E-state index in [1.807, 2.05) is 49.9 Å². The molecule has 152 valence electrons. The molecule has 0 saturated heterocycles. The zero-order chi connectivity index (χ0) is 19.9. The average molecular weight is 379 g/mol. The summed E-state index contributed by atoms with van der Waals surface area (Å²) in [5.41, 5.74) is 1.06. The van der Waals surface area contributed by atoms with Crippen molar-refractivity contribution in [3.05, 3.63) is 29.8 Å². The molecule has 1 aromatic carbocycles.